The topological polar surface area (TPSA) is 52.6 Å². The first kappa shape index (κ1) is 16.6. The summed E-state index contributed by atoms with van der Waals surface area (Å²) in [6.45, 7) is 2.72. The normalized spacial score (nSPS) is 18.3. The first-order chi connectivity index (χ1) is 11.7. The summed E-state index contributed by atoms with van der Waals surface area (Å²) in [5.74, 6) is -0.332. The number of amides is 1. The summed E-state index contributed by atoms with van der Waals surface area (Å²) >= 11 is 0. The molecular weight excluding hydrogens is 307 g/mol. The van der Waals surface area contributed by atoms with E-state index in [2.05, 4.69) is 4.90 Å². The molecule has 0 saturated carbocycles. The van der Waals surface area contributed by atoms with Gasteiger partial charge in [0.25, 0.3) is 5.91 Å². The van der Waals surface area contributed by atoms with E-state index in [0.29, 0.717) is 11.5 Å². The Morgan fingerprint density at radius 3 is 2.75 bits per heavy atom. The van der Waals surface area contributed by atoms with Crippen molar-refractivity contribution in [3.8, 4) is 0 Å². The van der Waals surface area contributed by atoms with Gasteiger partial charge in [-0.25, -0.2) is 9.87 Å². The molecule has 1 fully saturated rings. The van der Waals surface area contributed by atoms with Crippen molar-refractivity contribution >= 4 is 5.91 Å². The van der Waals surface area contributed by atoms with Gasteiger partial charge in [0, 0.05) is 18.7 Å². The smallest absolute Gasteiger partial charge is 0.274 e. The number of likely N-dealkylation sites (tertiary alicyclic amines) is 1. The van der Waals surface area contributed by atoms with E-state index in [1.54, 1.807) is 29.7 Å². The van der Waals surface area contributed by atoms with Crippen molar-refractivity contribution in [3.05, 3.63) is 71.0 Å². The fourth-order valence-electron chi connectivity index (χ4n) is 3.32. The lowest BCUT2D eigenvalue weighted by atomic mass is 9.90. The fraction of sp³-hybridized carbons (Fsp3) is 0.316. The molecule has 2 aromatic rings. The Hall–Kier alpha value is -2.24. The number of hydrogen-bond acceptors (Lipinski definition) is 3. The molecule has 2 aromatic carbocycles. The Kier molecular flexibility index (Phi) is 5.23. The minimum atomic E-state index is -0.509. The Morgan fingerprint density at radius 1 is 1.25 bits per heavy atom. The number of rotatable bonds is 4. The maximum atomic E-state index is 13.4. The van der Waals surface area contributed by atoms with E-state index in [1.165, 1.54) is 6.07 Å². The summed E-state index contributed by atoms with van der Waals surface area (Å²) in [5, 5.41) is 8.64. The zero-order chi connectivity index (χ0) is 16.9. The number of benzene rings is 2. The summed E-state index contributed by atoms with van der Waals surface area (Å²) in [6, 6.07) is 14.1. The highest BCUT2D eigenvalue weighted by molar-refractivity contribution is 5.93. The average Bonchev–Trinajstić information content (AvgIpc) is 2.62. The standard InChI is InChI=1S/C19H21FN2O2/c20-18-5-1-3-16(11-18)17-4-2-10-22(13-17)12-14-6-8-15(9-7-14)19(23)21-24/h1,3,5-9,11,17,24H,2,4,10,12-13H2,(H,21,23). The number of carbonyl (C=O) groups excluding carboxylic acids is 1. The Labute approximate surface area is 140 Å². The van der Waals surface area contributed by atoms with Crippen LogP contribution >= 0.6 is 0 Å². The van der Waals surface area contributed by atoms with Crippen LogP contribution in [0.3, 0.4) is 0 Å². The molecule has 2 N–H and O–H groups in total. The second-order valence-electron chi connectivity index (χ2n) is 6.27. The summed E-state index contributed by atoms with van der Waals surface area (Å²) in [7, 11) is 0. The maximum absolute atomic E-state index is 13.4. The van der Waals surface area contributed by atoms with Crippen LogP contribution in [0.25, 0.3) is 0 Å². The summed E-state index contributed by atoms with van der Waals surface area (Å²) in [5.41, 5.74) is 4.24. The van der Waals surface area contributed by atoms with Crippen LogP contribution in [0.1, 0.15) is 40.2 Å². The van der Waals surface area contributed by atoms with Gasteiger partial charge in [0.15, 0.2) is 0 Å². The molecule has 1 aliphatic heterocycles. The predicted molar refractivity (Wildman–Crippen MR) is 89.3 cm³/mol. The van der Waals surface area contributed by atoms with Gasteiger partial charge in [-0.15, -0.1) is 0 Å². The lowest BCUT2D eigenvalue weighted by Gasteiger charge is -2.33. The van der Waals surface area contributed by atoms with E-state index < -0.39 is 5.91 Å². The van der Waals surface area contributed by atoms with Crippen molar-refractivity contribution in [1.29, 1.82) is 0 Å². The SMILES string of the molecule is O=C(NO)c1ccc(CN2CCCC(c3cccc(F)c3)C2)cc1. The van der Waals surface area contributed by atoms with Crippen LogP contribution in [-0.4, -0.2) is 29.1 Å². The van der Waals surface area contributed by atoms with Gasteiger partial charge in [-0.3, -0.25) is 14.9 Å². The third-order valence-electron chi connectivity index (χ3n) is 4.55. The molecule has 1 aliphatic rings. The van der Waals surface area contributed by atoms with Crippen LogP contribution < -0.4 is 5.48 Å². The predicted octanol–water partition coefficient (Wildman–Crippen LogP) is 3.32. The Morgan fingerprint density at radius 2 is 2.04 bits per heavy atom. The van der Waals surface area contributed by atoms with Crippen LogP contribution in [0.5, 0.6) is 0 Å². The molecule has 1 unspecified atom stereocenters. The van der Waals surface area contributed by atoms with Gasteiger partial charge in [-0.05, 0) is 60.7 Å². The molecule has 126 valence electrons. The molecule has 0 aliphatic carbocycles. The van der Waals surface area contributed by atoms with Gasteiger partial charge >= 0.3 is 0 Å². The molecule has 0 radical (unpaired) electrons. The van der Waals surface area contributed by atoms with E-state index in [9.17, 15) is 9.18 Å². The van der Waals surface area contributed by atoms with E-state index in [-0.39, 0.29) is 5.82 Å². The lowest BCUT2D eigenvalue weighted by molar-refractivity contribution is 0.0706. The first-order valence-electron chi connectivity index (χ1n) is 8.17. The number of hydrogen-bond donors (Lipinski definition) is 2. The molecule has 1 atom stereocenters. The van der Waals surface area contributed by atoms with Crippen LogP contribution in [0.2, 0.25) is 0 Å². The Balaban J connectivity index is 1.64. The van der Waals surface area contributed by atoms with E-state index in [4.69, 9.17) is 5.21 Å². The molecule has 0 aromatic heterocycles. The van der Waals surface area contributed by atoms with Crippen molar-refractivity contribution in [2.24, 2.45) is 0 Å². The second kappa shape index (κ2) is 7.55. The number of hydroxylamine groups is 1. The first-order valence-corrected chi connectivity index (χ1v) is 8.17. The minimum absolute atomic E-state index is 0.178. The molecule has 0 spiro atoms. The molecule has 24 heavy (non-hydrogen) atoms. The third-order valence-corrected chi connectivity index (χ3v) is 4.55. The van der Waals surface area contributed by atoms with Crippen LogP contribution in [-0.2, 0) is 6.54 Å². The zero-order valence-corrected chi connectivity index (χ0v) is 13.4. The molecule has 5 heteroatoms. The van der Waals surface area contributed by atoms with Gasteiger partial charge in [-0.1, -0.05) is 24.3 Å². The maximum Gasteiger partial charge on any atom is 0.274 e. The molecule has 1 heterocycles. The molecule has 3 rings (SSSR count). The number of carbonyl (C=O) groups is 1. The van der Waals surface area contributed by atoms with E-state index in [1.807, 2.05) is 18.2 Å². The second-order valence-corrected chi connectivity index (χ2v) is 6.27. The van der Waals surface area contributed by atoms with Crippen LogP contribution in [0.4, 0.5) is 4.39 Å². The molecule has 4 nitrogen and oxygen atoms in total. The number of halogens is 1. The highest BCUT2D eigenvalue weighted by Gasteiger charge is 2.21. The minimum Gasteiger partial charge on any atom is -0.298 e. The van der Waals surface area contributed by atoms with Crippen LogP contribution in [0.15, 0.2) is 48.5 Å². The summed E-state index contributed by atoms with van der Waals surface area (Å²) in [4.78, 5) is 13.7. The highest BCUT2D eigenvalue weighted by atomic mass is 19.1. The highest BCUT2D eigenvalue weighted by Crippen LogP contribution is 2.28. The number of piperidine rings is 1. The zero-order valence-electron chi connectivity index (χ0n) is 13.4. The quantitative estimate of drug-likeness (QED) is 0.669. The summed E-state index contributed by atoms with van der Waals surface area (Å²) < 4.78 is 13.4. The molecular formula is C19H21FN2O2. The number of nitrogens with one attached hydrogen (secondary N) is 1. The van der Waals surface area contributed by atoms with E-state index >= 15 is 0 Å². The molecule has 1 amide bonds. The largest absolute Gasteiger partial charge is 0.298 e. The van der Waals surface area contributed by atoms with E-state index in [0.717, 1.165) is 43.6 Å². The summed E-state index contributed by atoms with van der Waals surface area (Å²) in [6.07, 6.45) is 2.17. The Bertz CT molecular complexity index is 703. The van der Waals surface area contributed by atoms with Gasteiger partial charge in [0.2, 0.25) is 0 Å². The van der Waals surface area contributed by atoms with Gasteiger partial charge in [0.05, 0.1) is 0 Å². The van der Waals surface area contributed by atoms with Crippen molar-refractivity contribution in [2.75, 3.05) is 13.1 Å². The van der Waals surface area contributed by atoms with Crippen molar-refractivity contribution in [1.82, 2.24) is 10.4 Å². The monoisotopic (exact) mass is 328 g/mol. The fourth-order valence-corrected chi connectivity index (χ4v) is 3.32. The number of nitrogens with zero attached hydrogens (tertiary/aromatic N) is 1. The van der Waals surface area contributed by atoms with Gasteiger partial charge in [0.1, 0.15) is 5.82 Å². The van der Waals surface area contributed by atoms with Crippen molar-refractivity contribution in [2.45, 2.75) is 25.3 Å². The molecule has 1 saturated heterocycles. The third kappa shape index (κ3) is 3.99. The van der Waals surface area contributed by atoms with Crippen LogP contribution in [0, 0.1) is 5.82 Å². The average molecular weight is 328 g/mol. The van der Waals surface area contributed by atoms with Crippen molar-refractivity contribution < 1.29 is 14.4 Å². The van der Waals surface area contributed by atoms with Gasteiger partial charge < -0.3 is 0 Å². The van der Waals surface area contributed by atoms with Gasteiger partial charge in [-0.2, -0.15) is 0 Å². The lowest BCUT2D eigenvalue weighted by Crippen LogP contribution is -2.33. The van der Waals surface area contributed by atoms with Crippen molar-refractivity contribution in [3.63, 3.8) is 0 Å². The molecule has 0 bridgehead atoms.